The third-order valence-electron chi connectivity index (χ3n) is 2.31. The molecule has 0 aromatic carbocycles. The third-order valence-corrected chi connectivity index (χ3v) is 2.69. The summed E-state index contributed by atoms with van der Waals surface area (Å²) in [6.45, 7) is 4.34. The third kappa shape index (κ3) is 1.90. The molecular formula is C10H13BrN2. The molecule has 1 aliphatic rings. The summed E-state index contributed by atoms with van der Waals surface area (Å²) in [6, 6.07) is 0. The number of hydrogen-bond acceptors (Lipinski definition) is 2. The lowest BCUT2D eigenvalue weighted by molar-refractivity contribution is 0.769. The van der Waals surface area contributed by atoms with E-state index in [4.69, 9.17) is 0 Å². The van der Waals surface area contributed by atoms with E-state index >= 15 is 0 Å². The zero-order chi connectivity index (χ0) is 9.42. The smallest absolute Gasteiger partial charge is 0.124 e. The van der Waals surface area contributed by atoms with E-state index in [9.17, 15) is 0 Å². The standard InChI is InChI=1S/C10H13BrN2/c1-6(2)9-10(7-3-4-7)12-5-8(11)13-9/h5-7H,3-4H2,1-2H3. The molecule has 0 aliphatic heterocycles. The zero-order valence-electron chi connectivity index (χ0n) is 7.92. The molecule has 2 rings (SSSR count). The fourth-order valence-electron chi connectivity index (χ4n) is 1.49. The zero-order valence-corrected chi connectivity index (χ0v) is 9.50. The summed E-state index contributed by atoms with van der Waals surface area (Å²) in [6.07, 6.45) is 4.38. The van der Waals surface area contributed by atoms with Crippen LogP contribution in [0.3, 0.4) is 0 Å². The first-order chi connectivity index (χ1) is 6.18. The molecule has 1 fully saturated rings. The fraction of sp³-hybridized carbons (Fsp3) is 0.600. The Kier molecular flexibility index (Phi) is 2.37. The molecule has 0 spiro atoms. The minimum atomic E-state index is 0.473. The van der Waals surface area contributed by atoms with Gasteiger partial charge in [-0.15, -0.1) is 0 Å². The molecule has 0 radical (unpaired) electrons. The van der Waals surface area contributed by atoms with Gasteiger partial charge in [-0.2, -0.15) is 0 Å². The Hall–Kier alpha value is -0.440. The van der Waals surface area contributed by atoms with Crippen LogP contribution in [0.2, 0.25) is 0 Å². The Morgan fingerprint density at radius 2 is 2.15 bits per heavy atom. The predicted molar refractivity (Wildman–Crippen MR) is 55.8 cm³/mol. The van der Waals surface area contributed by atoms with Crippen LogP contribution in [0.4, 0.5) is 0 Å². The lowest BCUT2D eigenvalue weighted by Gasteiger charge is -2.09. The minimum Gasteiger partial charge on any atom is -0.256 e. The lowest BCUT2D eigenvalue weighted by Crippen LogP contribution is -2.02. The summed E-state index contributed by atoms with van der Waals surface area (Å²) in [5.41, 5.74) is 2.38. The van der Waals surface area contributed by atoms with Gasteiger partial charge in [0.25, 0.3) is 0 Å². The molecule has 1 aliphatic carbocycles. The van der Waals surface area contributed by atoms with Gasteiger partial charge in [0.05, 0.1) is 17.6 Å². The molecule has 13 heavy (non-hydrogen) atoms. The molecular weight excluding hydrogens is 228 g/mol. The number of rotatable bonds is 2. The van der Waals surface area contributed by atoms with Crippen molar-refractivity contribution in [1.29, 1.82) is 0 Å². The van der Waals surface area contributed by atoms with Crippen molar-refractivity contribution in [2.75, 3.05) is 0 Å². The molecule has 0 amide bonds. The Morgan fingerprint density at radius 1 is 1.46 bits per heavy atom. The van der Waals surface area contributed by atoms with Crippen molar-refractivity contribution in [1.82, 2.24) is 9.97 Å². The van der Waals surface area contributed by atoms with Gasteiger partial charge >= 0.3 is 0 Å². The van der Waals surface area contributed by atoms with Gasteiger partial charge in [0.1, 0.15) is 4.60 Å². The maximum absolute atomic E-state index is 4.49. The minimum absolute atomic E-state index is 0.473. The molecule has 0 saturated heterocycles. The highest BCUT2D eigenvalue weighted by Crippen LogP contribution is 2.41. The van der Waals surface area contributed by atoms with E-state index in [1.807, 2.05) is 0 Å². The molecule has 0 N–H and O–H groups in total. The first-order valence-corrected chi connectivity index (χ1v) is 5.50. The molecule has 0 unspecified atom stereocenters. The van der Waals surface area contributed by atoms with Gasteiger partial charge in [-0.1, -0.05) is 13.8 Å². The van der Waals surface area contributed by atoms with Crippen molar-refractivity contribution < 1.29 is 0 Å². The van der Waals surface area contributed by atoms with Gasteiger partial charge in [0, 0.05) is 5.92 Å². The molecule has 3 heteroatoms. The predicted octanol–water partition coefficient (Wildman–Crippen LogP) is 3.24. The second-order valence-electron chi connectivity index (χ2n) is 3.89. The van der Waals surface area contributed by atoms with Crippen molar-refractivity contribution in [3.8, 4) is 0 Å². The lowest BCUT2D eigenvalue weighted by atomic mass is 10.1. The second-order valence-corrected chi connectivity index (χ2v) is 4.70. The van der Waals surface area contributed by atoms with Gasteiger partial charge in [0.15, 0.2) is 0 Å². The summed E-state index contributed by atoms with van der Waals surface area (Å²) in [7, 11) is 0. The molecule has 0 atom stereocenters. The van der Waals surface area contributed by atoms with E-state index in [2.05, 4.69) is 39.7 Å². The number of nitrogens with zero attached hydrogens (tertiary/aromatic N) is 2. The van der Waals surface area contributed by atoms with Crippen molar-refractivity contribution >= 4 is 15.9 Å². The van der Waals surface area contributed by atoms with Crippen LogP contribution in [-0.2, 0) is 0 Å². The maximum Gasteiger partial charge on any atom is 0.124 e. The summed E-state index contributed by atoms with van der Waals surface area (Å²) in [5.74, 6) is 1.17. The highest BCUT2D eigenvalue weighted by Gasteiger charge is 2.29. The molecule has 1 aromatic heterocycles. The van der Waals surface area contributed by atoms with Crippen LogP contribution in [-0.4, -0.2) is 9.97 Å². The topological polar surface area (TPSA) is 25.8 Å². The normalized spacial score (nSPS) is 16.6. The fourth-order valence-corrected chi connectivity index (χ4v) is 1.78. The van der Waals surface area contributed by atoms with Crippen LogP contribution in [0, 0.1) is 0 Å². The van der Waals surface area contributed by atoms with E-state index in [-0.39, 0.29) is 0 Å². The number of aromatic nitrogens is 2. The van der Waals surface area contributed by atoms with Crippen LogP contribution < -0.4 is 0 Å². The maximum atomic E-state index is 4.49. The first-order valence-electron chi connectivity index (χ1n) is 4.71. The van der Waals surface area contributed by atoms with Gasteiger partial charge in [0.2, 0.25) is 0 Å². The van der Waals surface area contributed by atoms with Gasteiger partial charge in [-0.3, -0.25) is 4.98 Å². The molecule has 0 bridgehead atoms. The van der Waals surface area contributed by atoms with E-state index in [1.54, 1.807) is 6.20 Å². The molecule has 2 nitrogen and oxygen atoms in total. The molecule has 1 saturated carbocycles. The summed E-state index contributed by atoms with van der Waals surface area (Å²) < 4.78 is 0.848. The average molecular weight is 241 g/mol. The summed E-state index contributed by atoms with van der Waals surface area (Å²) in [5, 5.41) is 0. The van der Waals surface area contributed by atoms with Gasteiger partial charge in [-0.25, -0.2) is 4.98 Å². The summed E-state index contributed by atoms with van der Waals surface area (Å²) >= 11 is 3.36. The quantitative estimate of drug-likeness (QED) is 0.794. The van der Waals surface area contributed by atoms with E-state index < -0.39 is 0 Å². The van der Waals surface area contributed by atoms with Crippen LogP contribution in [0.25, 0.3) is 0 Å². The van der Waals surface area contributed by atoms with E-state index in [1.165, 1.54) is 18.5 Å². The Balaban J connectivity index is 2.41. The van der Waals surface area contributed by atoms with E-state index in [0.29, 0.717) is 11.8 Å². The second kappa shape index (κ2) is 3.37. The van der Waals surface area contributed by atoms with Crippen LogP contribution in [0.15, 0.2) is 10.8 Å². The highest BCUT2D eigenvalue weighted by molar-refractivity contribution is 9.10. The SMILES string of the molecule is CC(C)c1nc(Br)cnc1C1CC1. The largest absolute Gasteiger partial charge is 0.256 e. The van der Waals surface area contributed by atoms with Crippen LogP contribution in [0.1, 0.15) is 49.9 Å². The highest BCUT2D eigenvalue weighted by atomic mass is 79.9. The Bertz CT molecular complexity index is 319. The molecule has 1 aromatic rings. The first kappa shape index (κ1) is 9.13. The Morgan fingerprint density at radius 3 is 2.69 bits per heavy atom. The Labute approximate surface area is 86.9 Å². The molecule has 70 valence electrons. The van der Waals surface area contributed by atoms with Gasteiger partial charge < -0.3 is 0 Å². The van der Waals surface area contributed by atoms with Crippen molar-refractivity contribution in [3.05, 3.63) is 22.2 Å². The van der Waals surface area contributed by atoms with Gasteiger partial charge in [-0.05, 0) is 34.7 Å². The van der Waals surface area contributed by atoms with Crippen LogP contribution >= 0.6 is 15.9 Å². The van der Waals surface area contributed by atoms with E-state index in [0.717, 1.165) is 10.3 Å². The number of hydrogen-bond donors (Lipinski definition) is 0. The average Bonchev–Trinajstić information content (AvgIpc) is 2.87. The number of halogens is 1. The monoisotopic (exact) mass is 240 g/mol. The van der Waals surface area contributed by atoms with Crippen molar-refractivity contribution in [2.45, 2.75) is 38.5 Å². The molecule has 1 heterocycles. The van der Waals surface area contributed by atoms with Crippen molar-refractivity contribution in [3.63, 3.8) is 0 Å². The summed E-state index contributed by atoms with van der Waals surface area (Å²) in [4.78, 5) is 8.94. The van der Waals surface area contributed by atoms with Crippen molar-refractivity contribution in [2.24, 2.45) is 0 Å². The van der Waals surface area contributed by atoms with Crippen LogP contribution in [0.5, 0.6) is 0 Å².